The summed E-state index contributed by atoms with van der Waals surface area (Å²) >= 11 is 15.7. The van der Waals surface area contributed by atoms with Crippen molar-refractivity contribution in [2.75, 3.05) is 18.0 Å². The Morgan fingerprint density at radius 3 is 2.56 bits per heavy atom. The molecule has 6 rings (SSSR count). The van der Waals surface area contributed by atoms with Gasteiger partial charge in [-0.1, -0.05) is 34.5 Å². The normalized spacial score (nSPS) is 16.5. The van der Waals surface area contributed by atoms with Crippen molar-refractivity contribution >= 4 is 58.1 Å². The number of halogens is 2. The number of carboxylic acid groups (broad SMARTS) is 1. The van der Waals surface area contributed by atoms with Gasteiger partial charge in [-0.25, -0.2) is 14.8 Å². The Morgan fingerprint density at radius 2 is 1.86 bits per heavy atom. The highest BCUT2D eigenvalue weighted by molar-refractivity contribution is 8.01. The fraction of sp³-hybridized carbons (Fsp3) is 0.280. The van der Waals surface area contributed by atoms with Crippen LogP contribution in [0.5, 0.6) is 0 Å². The zero-order valence-corrected chi connectivity index (χ0v) is 22.8. The van der Waals surface area contributed by atoms with E-state index in [1.165, 1.54) is 16.0 Å². The number of nitrogens with zero attached hydrogens (tertiary/aromatic N) is 5. The molecule has 3 aromatic heterocycles. The third-order valence-corrected chi connectivity index (χ3v) is 9.61. The highest BCUT2D eigenvalue weighted by Crippen LogP contribution is 2.53. The molecule has 11 heteroatoms. The van der Waals surface area contributed by atoms with Gasteiger partial charge in [-0.2, -0.15) is 9.78 Å². The monoisotopic (exact) mass is 557 g/mol. The van der Waals surface area contributed by atoms with E-state index in [0.717, 1.165) is 57.6 Å². The summed E-state index contributed by atoms with van der Waals surface area (Å²) in [6.07, 6.45) is 1.13. The van der Waals surface area contributed by atoms with E-state index in [9.17, 15) is 9.90 Å². The van der Waals surface area contributed by atoms with Crippen molar-refractivity contribution < 1.29 is 9.90 Å². The van der Waals surface area contributed by atoms with Gasteiger partial charge in [0.15, 0.2) is 5.69 Å². The first-order valence-electron chi connectivity index (χ1n) is 11.5. The lowest BCUT2D eigenvalue weighted by atomic mass is 10.0. The van der Waals surface area contributed by atoms with Gasteiger partial charge >= 0.3 is 5.97 Å². The van der Waals surface area contributed by atoms with E-state index in [4.69, 9.17) is 28.2 Å². The second-order valence-corrected chi connectivity index (χ2v) is 12.4. The van der Waals surface area contributed by atoms with Gasteiger partial charge in [-0.05, 0) is 62.6 Å². The Balaban J connectivity index is 1.51. The Kier molecular flexibility index (Phi) is 5.79. The van der Waals surface area contributed by atoms with Gasteiger partial charge in [0.05, 0.1) is 25.6 Å². The number of aromatic nitrogens is 4. The maximum atomic E-state index is 12.6. The van der Waals surface area contributed by atoms with E-state index >= 15 is 0 Å². The number of thiazole rings is 1. The minimum Gasteiger partial charge on any atom is -0.476 e. The van der Waals surface area contributed by atoms with E-state index in [0.29, 0.717) is 26.4 Å². The van der Waals surface area contributed by atoms with Crippen molar-refractivity contribution in [2.24, 2.45) is 0 Å². The van der Waals surface area contributed by atoms with Gasteiger partial charge in [0.2, 0.25) is 5.13 Å². The summed E-state index contributed by atoms with van der Waals surface area (Å²) < 4.78 is 2.45. The van der Waals surface area contributed by atoms with Crippen molar-refractivity contribution in [1.82, 2.24) is 19.7 Å². The molecule has 7 nitrogen and oxygen atoms in total. The van der Waals surface area contributed by atoms with Crippen molar-refractivity contribution in [3.63, 3.8) is 0 Å². The number of benzene rings is 1. The first-order valence-corrected chi connectivity index (χ1v) is 13.9. The number of thioether (sulfide) groups is 1. The number of fused-ring (bicyclic) bond motifs is 3. The fourth-order valence-electron chi connectivity index (χ4n) is 4.68. The second-order valence-electron chi connectivity index (χ2n) is 8.97. The van der Waals surface area contributed by atoms with Crippen molar-refractivity contribution in [3.05, 3.63) is 57.0 Å². The highest BCUT2D eigenvalue weighted by atomic mass is 35.5. The molecular weight excluding hydrogens is 537 g/mol. The summed E-state index contributed by atoms with van der Waals surface area (Å²) in [5, 5.41) is 16.6. The number of aryl methyl sites for hydroxylation is 2. The molecule has 184 valence electrons. The fourth-order valence-corrected chi connectivity index (χ4v) is 7.54. The molecule has 1 N–H and O–H groups in total. The maximum absolute atomic E-state index is 12.6. The van der Waals surface area contributed by atoms with Crippen molar-refractivity contribution in [1.29, 1.82) is 0 Å². The molecule has 0 radical (unpaired) electrons. The minimum atomic E-state index is -1.06. The molecule has 36 heavy (non-hydrogen) atoms. The van der Waals surface area contributed by atoms with Gasteiger partial charge in [-0.15, -0.1) is 11.8 Å². The summed E-state index contributed by atoms with van der Waals surface area (Å²) in [4.78, 5) is 24.3. The van der Waals surface area contributed by atoms with Crippen LogP contribution in [0.25, 0.3) is 27.5 Å². The first kappa shape index (κ1) is 23.8. The molecule has 1 fully saturated rings. The smallest absolute Gasteiger partial charge is 0.355 e. The van der Waals surface area contributed by atoms with Crippen LogP contribution >= 0.6 is 46.3 Å². The summed E-state index contributed by atoms with van der Waals surface area (Å²) in [5.74, 6) is -0.197. The third kappa shape index (κ3) is 3.80. The lowest BCUT2D eigenvalue weighted by molar-refractivity contribution is 0.0688. The van der Waals surface area contributed by atoms with Crippen molar-refractivity contribution in [3.8, 4) is 27.5 Å². The van der Waals surface area contributed by atoms with Crippen molar-refractivity contribution in [2.45, 2.75) is 36.7 Å². The SMILES string of the molecule is Cc1cc(-c2c(C)nn(-c3nc4c(s3)SC(C)c3cc(Cl)c(Cl)cc3-4)c2C(=O)O)cc(N2CCC2)n1. The lowest BCUT2D eigenvalue weighted by Crippen LogP contribution is -2.37. The predicted molar refractivity (Wildman–Crippen MR) is 145 cm³/mol. The summed E-state index contributed by atoms with van der Waals surface area (Å²) in [7, 11) is 0. The maximum Gasteiger partial charge on any atom is 0.355 e. The third-order valence-electron chi connectivity index (χ3n) is 6.51. The molecule has 1 aromatic carbocycles. The Hall–Kier alpha value is -2.59. The average molecular weight is 559 g/mol. The quantitative estimate of drug-likeness (QED) is 0.287. The van der Waals surface area contributed by atoms with Crippen LogP contribution in [0.15, 0.2) is 28.5 Å². The van der Waals surface area contributed by atoms with Crippen LogP contribution < -0.4 is 4.90 Å². The van der Waals surface area contributed by atoms with E-state index in [1.54, 1.807) is 11.8 Å². The lowest BCUT2D eigenvalue weighted by Gasteiger charge is -2.32. The van der Waals surface area contributed by atoms with E-state index < -0.39 is 5.97 Å². The summed E-state index contributed by atoms with van der Waals surface area (Å²) in [6, 6.07) is 7.60. The number of rotatable bonds is 4. The second kappa shape index (κ2) is 8.76. The molecule has 0 amide bonds. The largest absolute Gasteiger partial charge is 0.476 e. The first-order chi connectivity index (χ1) is 17.2. The Bertz CT molecular complexity index is 1560. The van der Waals surface area contributed by atoms with Crippen LogP contribution in [0, 0.1) is 13.8 Å². The number of hydrogen-bond acceptors (Lipinski definition) is 7. The summed E-state index contributed by atoms with van der Waals surface area (Å²) in [5.41, 5.74) is 5.67. The summed E-state index contributed by atoms with van der Waals surface area (Å²) in [6.45, 7) is 7.78. The molecule has 0 bridgehead atoms. The van der Waals surface area contributed by atoms with Crippen LogP contribution in [0.2, 0.25) is 10.0 Å². The average Bonchev–Trinajstić information content (AvgIpc) is 3.34. The van der Waals surface area contributed by atoms with Crippen LogP contribution in [0.1, 0.15) is 46.0 Å². The number of hydrogen-bond donors (Lipinski definition) is 1. The predicted octanol–water partition coefficient (Wildman–Crippen LogP) is 7.06. The van der Waals surface area contributed by atoms with Crippen LogP contribution in [0.3, 0.4) is 0 Å². The van der Waals surface area contributed by atoms with Crippen LogP contribution in [-0.2, 0) is 0 Å². The zero-order valence-electron chi connectivity index (χ0n) is 19.7. The van der Waals surface area contributed by atoms with Gasteiger partial charge in [-0.3, -0.25) is 0 Å². The number of anilines is 1. The van der Waals surface area contributed by atoms with Crippen LogP contribution in [-0.4, -0.2) is 43.9 Å². The number of aromatic carboxylic acids is 1. The molecule has 0 spiro atoms. The molecule has 2 aliphatic heterocycles. The number of carboxylic acids is 1. The number of pyridine rings is 1. The zero-order chi connectivity index (χ0) is 25.3. The Morgan fingerprint density at radius 1 is 1.11 bits per heavy atom. The molecule has 0 aliphatic carbocycles. The number of carbonyl (C=O) groups is 1. The Labute approximate surface area is 226 Å². The molecule has 1 unspecified atom stereocenters. The van der Waals surface area contributed by atoms with Gasteiger partial charge in [0, 0.05) is 35.2 Å². The van der Waals surface area contributed by atoms with E-state index in [2.05, 4.69) is 21.9 Å². The molecular formula is C25H21Cl2N5O2S2. The molecule has 1 atom stereocenters. The van der Waals surface area contributed by atoms with E-state index in [-0.39, 0.29) is 10.9 Å². The highest BCUT2D eigenvalue weighted by Gasteiger charge is 2.31. The molecule has 0 saturated carbocycles. The van der Waals surface area contributed by atoms with Gasteiger partial charge in [0.25, 0.3) is 0 Å². The molecule has 2 aliphatic rings. The molecule has 1 saturated heterocycles. The standard InChI is InChI=1S/C25H21Cl2N5O2S2/c1-11-7-14(8-19(28-11)31-5-4-6-31)20-12(2)30-32(22(20)23(33)34)25-29-21-16-10-18(27)17(26)9-15(16)13(3)35-24(21)36-25/h7-10,13H,4-6H2,1-3H3,(H,33,34). The van der Waals surface area contributed by atoms with Gasteiger partial charge < -0.3 is 10.0 Å². The minimum absolute atomic E-state index is 0.0890. The molecule has 4 aromatic rings. The van der Waals surface area contributed by atoms with Crippen LogP contribution in [0.4, 0.5) is 5.82 Å². The topological polar surface area (TPSA) is 84.1 Å². The van der Waals surface area contributed by atoms with E-state index in [1.807, 2.05) is 38.1 Å². The van der Waals surface area contributed by atoms with Gasteiger partial charge in [0.1, 0.15) is 5.82 Å². The molecule has 5 heterocycles.